The Labute approximate surface area is 107 Å². The fourth-order valence-corrected chi connectivity index (χ4v) is 1.84. The van der Waals surface area contributed by atoms with E-state index in [1.54, 1.807) is 4.68 Å². The maximum Gasteiger partial charge on any atom is 0.148 e. The monoisotopic (exact) mass is 248 g/mol. The smallest absolute Gasteiger partial charge is 0.148 e. The Balaban J connectivity index is 2.18. The van der Waals surface area contributed by atoms with Gasteiger partial charge in [-0.3, -0.25) is 4.68 Å². The molecule has 2 aromatic rings. The lowest BCUT2D eigenvalue weighted by Crippen LogP contribution is -2.11. The molecule has 0 radical (unpaired) electrons. The molecule has 98 valence electrons. The summed E-state index contributed by atoms with van der Waals surface area (Å²) in [6, 6.07) is 2.25. The van der Waals surface area contributed by atoms with E-state index < -0.39 is 0 Å². The average Bonchev–Trinajstić information content (AvgIpc) is 2.83. The summed E-state index contributed by atoms with van der Waals surface area (Å²) in [6.45, 7) is 6.72. The van der Waals surface area contributed by atoms with E-state index in [0.29, 0.717) is 12.2 Å². The van der Waals surface area contributed by atoms with E-state index in [1.807, 2.05) is 30.9 Å². The van der Waals surface area contributed by atoms with Gasteiger partial charge in [0.05, 0.1) is 23.6 Å². The lowest BCUT2D eigenvalue weighted by molar-refractivity contribution is 0.534. The van der Waals surface area contributed by atoms with Crippen molar-refractivity contribution in [2.75, 3.05) is 11.1 Å². The van der Waals surface area contributed by atoms with E-state index in [4.69, 9.17) is 5.73 Å². The van der Waals surface area contributed by atoms with Crippen molar-refractivity contribution >= 4 is 11.5 Å². The van der Waals surface area contributed by atoms with Crippen LogP contribution in [0.1, 0.15) is 31.3 Å². The zero-order valence-corrected chi connectivity index (χ0v) is 11.3. The molecule has 6 heteroatoms. The molecule has 0 amide bonds. The SMILES string of the molecule is Cc1nn(C(C)C)c(NCc2ccn(C)n2)c1N. The van der Waals surface area contributed by atoms with Gasteiger partial charge in [-0.15, -0.1) is 0 Å². The Morgan fingerprint density at radius 2 is 2.11 bits per heavy atom. The second-order valence-corrected chi connectivity index (χ2v) is 4.72. The first kappa shape index (κ1) is 12.5. The average molecular weight is 248 g/mol. The summed E-state index contributed by atoms with van der Waals surface area (Å²) >= 11 is 0. The highest BCUT2D eigenvalue weighted by molar-refractivity contribution is 5.64. The summed E-state index contributed by atoms with van der Waals surface area (Å²) in [5.41, 5.74) is 8.58. The third-order valence-electron chi connectivity index (χ3n) is 2.83. The lowest BCUT2D eigenvalue weighted by Gasteiger charge is -2.12. The molecule has 0 bridgehead atoms. The van der Waals surface area contributed by atoms with Crippen molar-refractivity contribution in [1.29, 1.82) is 0 Å². The van der Waals surface area contributed by atoms with Gasteiger partial charge in [0.1, 0.15) is 5.82 Å². The highest BCUT2D eigenvalue weighted by atomic mass is 15.4. The molecular weight excluding hydrogens is 228 g/mol. The fourth-order valence-electron chi connectivity index (χ4n) is 1.84. The third kappa shape index (κ3) is 2.32. The molecule has 18 heavy (non-hydrogen) atoms. The Bertz CT molecular complexity index is 537. The van der Waals surface area contributed by atoms with Crippen LogP contribution in [-0.2, 0) is 13.6 Å². The van der Waals surface area contributed by atoms with Gasteiger partial charge in [0.25, 0.3) is 0 Å². The molecular formula is C12H20N6. The number of nitrogen functional groups attached to an aromatic ring is 1. The van der Waals surface area contributed by atoms with Crippen LogP contribution in [0.2, 0.25) is 0 Å². The van der Waals surface area contributed by atoms with Crippen LogP contribution < -0.4 is 11.1 Å². The molecule has 0 spiro atoms. The van der Waals surface area contributed by atoms with Crippen LogP contribution >= 0.6 is 0 Å². The van der Waals surface area contributed by atoms with Crippen LogP contribution in [0.25, 0.3) is 0 Å². The van der Waals surface area contributed by atoms with Crippen LogP contribution in [-0.4, -0.2) is 19.6 Å². The van der Waals surface area contributed by atoms with Gasteiger partial charge in [-0.1, -0.05) is 0 Å². The normalized spacial score (nSPS) is 11.2. The zero-order chi connectivity index (χ0) is 13.3. The summed E-state index contributed by atoms with van der Waals surface area (Å²) in [6.07, 6.45) is 1.92. The van der Waals surface area contributed by atoms with Crippen LogP contribution in [0.4, 0.5) is 11.5 Å². The van der Waals surface area contributed by atoms with Gasteiger partial charge in [-0.25, -0.2) is 4.68 Å². The largest absolute Gasteiger partial charge is 0.394 e. The predicted octanol–water partition coefficient (Wildman–Crippen LogP) is 1.70. The molecule has 0 aliphatic rings. The van der Waals surface area contributed by atoms with Crippen LogP contribution in [0.5, 0.6) is 0 Å². The summed E-state index contributed by atoms with van der Waals surface area (Å²) in [5, 5.41) is 12.1. The number of rotatable bonds is 4. The lowest BCUT2D eigenvalue weighted by atomic mass is 10.3. The minimum atomic E-state index is 0.271. The molecule has 2 heterocycles. The molecule has 0 aliphatic carbocycles. The number of anilines is 2. The molecule has 0 fully saturated rings. The van der Waals surface area contributed by atoms with E-state index in [2.05, 4.69) is 29.4 Å². The fraction of sp³-hybridized carbons (Fsp3) is 0.500. The van der Waals surface area contributed by atoms with Crippen molar-refractivity contribution in [2.45, 2.75) is 33.4 Å². The van der Waals surface area contributed by atoms with Crippen molar-refractivity contribution in [2.24, 2.45) is 7.05 Å². The van der Waals surface area contributed by atoms with Gasteiger partial charge in [-0.05, 0) is 26.8 Å². The summed E-state index contributed by atoms with van der Waals surface area (Å²) in [7, 11) is 1.90. The molecule has 2 rings (SSSR count). The van der Waals surface area contributed by atoms with E-state index >= 15 is 0 Å². The summed E-state index contributed by atoms with van der Waals surface area (Å²) in [4.78, 5) is 0. The molecule has 0 saturated carbocycles. The van der Waals surface area contributed by atoms with E-state index in [-0.39, 0.29) is 6.04 Å². The number of nitrogens with two attached hydrogens (primary N) is 1. The summed E-state index contributed by atoms with van der Waals surface area (Å²) in [5.74, 6) is 0.869. The molecule has 2 aromatic heterocycles. The molecule has 0 aliphatic heterocycles. The van der Waals surface area contributed by atoms with Gasteiger partial charge in [0, 0.05) is 19.3 Å². The number of nitrogens with zero attached hydrogens (tertiary/aromatic N) is 4. The van der Waals surface area contributed by atoms with Crippen molar-refractivity contribution in [3.05, 3.63) is 23.7 Å². The number of aryl methyl sites for hydroxylation is 2. The second kappa shape index (κ2) is 4.72. The Hall–Kier alpha value is -1.98. The molecule has 6 nitrogen and oxygen atoms in total. The minimum absolute atomic E-state index is 0.271. The molecule has 3 N–H and O–H groups in total. The van der Waals surface area contributed by atoms with Gasteiger partial charge in [-0.2, -0.15) is 10.2 Å². The Morgan fingerprint density at radius 1 is 1.39 bits per heavy atom. The minimum Gasteiger partial charge on any atom is -0.394 e. The van der Waals surface area contributed by atoms with E-state index in [0.717, 1.165) is 17.2 Å². The van der Waals surface area contributed by atoms with Crippen molar-refractivity contribution in [3.63, 3.8) is 0 Å². The van der Waals surface area contributed by atoms with E-state index in [1.165, 1.54) is 0 Å². The molecule has 0 unspecified atom stereocenters. The van der Waals surface area contributed by atoms with Crippen LogP contribution in [0, 0.1) is 6.92 Å². The van der Waals surface area contributed by atoms with Gasteiger partial charge < -0.3 is 11.1 Å². The van der Waals surface area contributed by atoms with Crippen LogP contribution in [0.15, 0.2) is 12.3 Å². The maximum atomic E-state index is 6.04. The Kier molecular flexibility index (Phi) is 3.27. The maximum absolute atomic E-state index is 6.04. The van der Waals surface area contributed by atoms with Crippen molar-refractivity contribution in [1.82, 2.24) is 19.6 Å². The highest BCUT2D eigenvalue weighted by Crippen LogP contribution is 2.25. The standard InChI is InChI=1S/C12H20N6/c1-8(2)18-12(11(13)9(3)15-18)14-7-10-5-6-17(4)16-10/h5-6,8,14H,7,13H2,1-4H3. The first-order valence-corrected chi connectivity index (χ1v) is 6.06. The zero-order valence-electron chi connectivity index (χ0n) is 11.3. The Morgan fingerprint density at radius 3 is 2.67 bits per heavy atom. The number of aromatic nitrogens is 4. The third-order valence-corrected chi connectivity index (χ3v) is 2.83. The van der Waals surface area contributed by atoms with Gasteiger partial charge in [0.15, 0.2) is 0 Å². The van der Waals surface area contributed by atoms with Gasteiger partial charge >= 0.3 is 0 Å². The van der Waals surface area contributed by atoms with Gasteiger partial charge in [0.2, 0.25) is 0 Å². The molecule has 0 saturated heterocycles. The number of nitrogens with one attached hydrogen (secondary N) is 1. The van der Waals surface area contributed by atoms with Crippen molar-refractivity contribution < 1.29 is 0 Å². The first-order chi connectivity index (χ1) is 8.49. The molecule has 0 atom stereocenters. The highest BCUT2D eigenvalue weighted by Gasteiger charge is 2.14. The molecule has 0 aromatic carbocycles. The van der Waals surface area contributed by atoms with Crippen molar-refractivity contribution in [3.8, 4) is 0 Å². The number of hydrogen-bond donors (Lipinski definition) is 2. The second-order valence-electron chi connectivity index (χ2n) is 4.72. The first-order valence-electron chi connectivity index (χ1n) is 6.06. The van der Waals surface area contributed by atoms with E-state index in [9.17, 15) is 0 Å². The quantitative estimate of drug-likeness (QED) is 0.863. The summed E-state index contributed by atoms with van der Waals surface area (Å²) < 4.78 is 3.69. The van der Waals surface area contributed by atoms with Crippen LogP contribution in [0.3, 0.4) is 0 Å². The topological polar surface area (TPSA) is 73.7 Å². The predicted molar refractivity (Wildman–Crippen MR) is 72.3 cm³/mol. The number of hydrogen-bond acceptors (Lipinski definition) is 4.